The van der Waals surface area contributed by atoms with Crippen LogP contribution in [0.3, 0.4) is 0 Å². The molecule has 0 unspecified atom stereocenters. The van der Waals surface area contributed by atoms with Gasteiger partial charge >= 0.3 is 0 Å². The minimum Gasteiger partial charge on any atom is -0.493 e. The Hall–Kier alpha value is -3.39. The average molecular weight is 439 g/mol. The summed E-state index contributed by atoms with van der Waals surface area (Å²) in [6.07, 6.45) is 5.28. The zero-order valence-corrected chi connectivity index (χ0v) is 18.6. The first-order chi connectivity index (χ1) is 15.6. The number of carbonyl (C=O) groups excluding carboxylic acids is 1. The second-order valence-corrected chi connectivity index (χ2v) is 7.63. The number of hydrogen-bond donors (Lipinski definition) is 3. The molecule has 0 aliphatic heterocycles. The lowest BCUT2D eigenvalue weighted by molar-refractivity contribution is -0.129. The highest BCUT2D eigenvalue weighted by molar-refractivity contribution is 5.91. The van der Waals surface area contributed by atoms with Crippen LogP contribution in [0.2, 0.25) is 0 Å². The van der Waals surface area contributed by atoms with Crippen LogP contribution in [0.25, 0.3) is 10.9 Å². The minimum absolute atomic E-state index is 0.328. The molecule has 8 heteroatoms. The van der Waals surface area contributed by atoms with Crippen molar-refractivity contribution in [2.75, 3.05) is 19.0 Å². The first-order valence-corrected chi connectivity index (χ1v) is 10.8. The van der Waals surface area contributed by atoms with E-state index < -0.39 is 0 Å². The van der Waals surface area contributed by atoms with Gasteiger partial charge in [-0.05, 0) is 31.4 Å². The highest BCUT2D eigenvalue weighted by atomic mass is 16.5. The monoisotopic (exact) mass is 438 g/mol. The molecular formula is C24H30N4O4. The maximum atomic E-state index is 11.0. The number of rotatable bonds is 12. The maximum absolute atomic E-state index is 11.0. The Labute approximate surface area is 187 Å². The molecule has 0 fully saturated rings. The van der Waals surface area contributed by atoms with Crippen molar-refractivity contribution in [2.45, 2.75) is 45.6 Å². The van der Waals surface area contributed by atoms with Crippen LogP contribution >= 0.6 is 0 Å². The largest absolute Gasteiger partial charge is 0.493 e. The predicted octanol–water partition coefficient (Wildman–Crippen LogP) is 4.39. The van der Waals surface area contributed by atoms with Gasteiger partial charge in [-0.1, -0.05) is 42.7 Å². The van der Waals surface area contributed by atoms with E-state index >= 15 is 0 Å². The van der Waals surface area contributed by atoms with Gasteiger partial charge in [0.2, 0.25) is 5.91 Å². The number of hydrogen-bond acceptors (Lipinski definition) is 7. The first kappa shape index (κ1) is 23.3. The Morgan fingerprint density at radius 2 is 1.81 bits per heavy atom. The van der Waals surface area contributed by atoms with E-state index in [-0.39, 0.29) is 5.91 Å². The smallest absolute Gasteiger partial charge is 0.243 e. The van der Waals surface area contributed by atoms with E-state index in [1.54, 1.807) is 12.6 Å². The van der Waals surface area contributed by atoms with Crippen LogP contribution in [-0.2, 0) is 11.3 Å². The van der Waals surface area contributed by atoms with Crippen LogP contribution in [0.4, 0.5) is 5.82 Å². The average Bonchev–Trinajstić information content (AvgIpc) is 2.82. The molecule has 8 nitrogen and oxygen atoms in total. The van der Waals surface area contributed by atoms with Gasteiger partial charge in [0, 0.05) is 24.4 Å². The molecule has 1 aromatic heterocycles. The van der Waals surface area contributed by atoms with E-state index in [0.717, 1.165) is 42.4 Å². The molecule has 2 aromatic carbocycles. The third-order valence-electron chi connectivity index (χ3n) is 5.18. The van der Waals surface area contributed by atoms with Crippen LogP contribution in [-0.4, -0.2) is 34.8 Å². The first-order valence-electron chi connectivity index (χ1n) is 10.8. The molecule has 0 spiro atoms. The van der Waals surface area contributed by atoms with Gasteiger partial charge in [-0.15, -0.1) is 0 Å². The van der Waals surface area contributed by atoms with Gasteiger partial charge in [-0.3, -0.25) is 10.0 Å². The summed E-state index contributed by atoms with van der Waals surface area (Å²) in [6.45, 7) is 3.26. The number of nitrogens with one attached hydrogen (secondary N) is 2. The summed E-state index contributed by atoms with van der Waals surface area (Å²) >= 11 is 0. The molecule has 32 heavy (non-hydrogen) atoms. The van der Waals surface area contributed by atoms with Gasteiger partial charge in [-0.2, -0.15) is 0 Å². The van der Waals surface area contributed by atoms with Gasteiger partial charge < -0.3 is 14.8 Å². The van der Waals surface area contributed by atoms with Gasteiger partial charge in [-0.25, -0.2) is 15.4 Å². The van der Waals surface area contributed by atoms with Crippen LogP contribution < -0.4 is 20.3 Å². The van der Waals surface area contributed by atoms with Crippen molar-refractivity contribution >= 4 is 22.6 Å². The minimum atomic E-state index is -0.351. The molecule has 0 atom stereocenters. The third kappa shape index (κ3) is 6.55. The number of aromatic nitrogens is 2. The van der Waals surface area contributed by atoms with Crippen molar-refractivity contribution in [3.05, 3.63) is 53.9 Å². The summed E-state index contributed by atoms with van der Waals surface area (Å²) in [4.78, 5) is 19.8. The number of nitrogens with zero attached hydrogens (tertiary/aromatic N) is 2. The Balaban J connectivity index is 1.62. The fourth-order valence-electron chi connectivity index (χ4n) is 3.35. The highest BCUT2D eigenvalue weighted by Gasteiger charge is 2.12. The molecule has 0 saturated heterocycles. The predicted molar refractivity (Wildman–Crippen MR) is 123 cm³/mol. The second kappa shape index (κ2) is 11.9. The lowest BCUT2D eigenvalue weighted by Crippen LogP contribution is -2.17. The summed E-state index contributed by atoms with van der Waals surface area (Å²) in [5, 5.41) is 12.8. The zero-order chi connectivity index (χ0) is 22.8. The molecule has 170 valence electrons. The topological polar surface area (TPSA) is 106 Å². The maximum Gasteiger partial charge on any atom is 0.243 e. The number of amides is 1. The van der Waals surface area contributed by atoms with E-state index in [0.29, 0.717) is 31.1 Å². The number of hydroxylamine groups is 1. The van der Waals surface area contributed by atoms with Gasteiger partial charge in [0.1, 0.15) is 12.1 Å². The summed E-state index contributed by atoms with van der Waals surface area (Å²) in [7, 11) is 1.61. The number of carbonyl (C=O) groups is 1. The number of ether oxygens (including phenoxy) is 2. The van der Waals surface area contributed by atoms with Crippen LogP contribution in [0.1, 0.15) is 43.2 Å². The Kier molecular flexibility index (Phi) is 8.62. The Morgan fingerprint density at radius 3 is 2.56 bits per heavy atom. The van der Waals surface area contributed by atoms with E-state index in [1.165, 1.54) is 17.5 Å². The lowest BCUT2D eigenvalue weighted by atomic mass is 10.1. The molecule has 0 aliphatic carbocycles. The van der Waals surface area contributed by atoms with E-state index in [4.69, 9.17) is 14.7 Å². The molecule has 1 heterocycles. The summed E-state index contributed by atoms with van der Waals surface area (Å²) in [6, 6.07) is 12.1. The number of benzene rings is 2. The Morgan fingerprint density at radius 1 is 1.03 bits per heavy atom. The van der Waals surface area contributed by atoms with E-state index in [1.807, 2.05) is 12.1 Å². The molecular weight excluding hydrogens is 408 g/mol. The van der Waals surface area contributed by atoms with Crippen molar-refractivity contribution in [1.82, 2.24) is 15.4 Å². The van der Waals surface area contributed by atoms with Crippen molar-refractivity contribution in [3.8, 4) is 11.5 Å². The normalized spacial score (nSPS) is 10.7. The van der Waals surface area contributed by atoms with Crippen LogP contribution in [0.5, 0.6) is 11.5 Å². The molecule has 1 amide bonds. The van der Waals surface area contributed by atoms with Crippen molar-refractivity contribution in [3.63, 3.8) is 0 Å². The summed E-state index contributed by atoms with van der Waals surface area (Å²) < 4.78 is 11.5. The third-order valence-corrected chi connectivity index (χ3v) is 5.18. The molecule has 0 aliphatic rings. The molecule has 3 rings (SSSR count). The van der Waals surface area contributed by atoms with Crippen LogP contribution in [0, 0.1) is 6.92 Å². The van der Waals surface area contributed by atoms with Crippen molar-refractivity contribution < 1.29 is 19.5 Å². The molecule has 3 N–H and O–H groups in total. The zero-order valence-electron chi connectivity index (χ0n) is 18.6. The second-order valence-electron chi connectivity index (χ2n) is 7.63. The van der Waals surface area contributed by atoms with Gasteiger partial charge in [0.15, 0.2) is 11.5 Å². The number of methoxy groups -OCH3 is 1. The molecule has 0 bridgehead atoms. The SMILES string of the molecule is COc1cc2ncnc(NCc3ccc(C)cc3)c2cc1OCCCCCCC(=O)NO. The molecule has 0 radical (unpaired) electrons. The van der Waals surface area contributed by atoms with Crippen LogP contribution in [0.15, 0.2) is 42.7 Å². The van der Waals surface area contributed by atoms with Gasteiger partial charge in [0.05, 0.1) is 19.2 Å². The quantitative estimate of drug-likeness (QED) is 0.219. The summed E-state index contributed by atoms with van der Waals surface area (Å²) in [5.41, 5.74) is 4.82. The lowest BCUT2D eigenvalue weighted by Gasteiger charge is -2.14. The molecule has 3 aromatic rings. The fraction of sp³-hybridized carbons (Fsp3) is 0.375. The van der Waals surface area contributed by atoms with E-state index in [9.17, 15) is 4.79 Å². The van der Waals surface area contributed by atoms with E-state index in [2.05, 4.69) is 46.5 Å². The fourth-order valence-corrected chi connectivity index (χ4v) is 3.35. The summed E-state index contributed by atoms with van der Waals surface area (Å²) in [5.74, 6) is 1.66. The highest BCUT2D eigenvalue weighted by Crippen LogP contribution is 2.34. The number of anilines is 1. The van der Waals surface area contributed by atoms with Gasteiger partial charge in [0.25, 0.3) is 0 Å². The Bertz CT molecular complexity index is 1020. The number of unbranched alkanes of at least 4 members (excludes halogenated alkanes) is 3. The standard InChI is InChI=1S/C24H30N4O4/c1-17-8-10-18(11-9-17)15-25-24-19-13-22(21(31-2)14-20(19)26-16-27-24)32-12-6-4-3-5-7-23(29)28-30/h8-11,13-14,16,30H,3-7,12,15H2,1-2H3,(H,28,29)(H,25,26,27). The number of fused-ring (bicyclic) bond motifs is 1. The van der Waals surface area contributed by atoms with Crippen molar-refractivity contribution in [1.29, 1.82) is 0 Å². The molecule has 0 saturated carbocycles. The number of aryl methyl sites for hydroxylation is 1. The van der Waals surface area contributed by atoms with Crippen molar-refractivity contribution in [2.24, 2.45) is 0 Å².